The van der Waals surface area contributed by atoms with Gasteiger partial charge in [0.15, 0.2) is 0 Å². The molecule has 3 amide bonds. The third-order valence-corrected chi connectivity index (χ3v) is 5.03. The summed E-state index contributed by atoms with van der Waals surface area (Å²) in [6, 6.07) is 3.56. The van der Waals surface area contributed by atoms with E-state index in [4.69, 9.17) is 11.6 Å². The second kappa shape index (κ2) is 6.82. The zero-order valence-corrected chi connectivity index (χ0v) is 15.0. The summed E-state index contributed by atoms with van der Waals surface area (Å²) >= 11 is 5.74. The molecule has 4 rings (SSSR count). The number of aromatic nitrogens is 2. The lowest BCUT2D eigenvalue weighted by atomic mass is 10.1. The lowest BCUT2D eigenvalue weighted by molar-refractivity contribution is -0.0572. The molecule has 27 heavy (non-hydrogen) atoms. The highest BCUT2D eigenvalue weighted by Crippen LogP contribution is 2.26. The Morgan fingerprint density at radius 3 is 2.89 bits per heavy atom. The molecule has 2 aliphatic heterocycles. The van der Waals surface area contributed by atoms with Crippen LogP contribution in [-0.2, 0) is 19.5 Å². The van der Waals surface area contributed by atoms with Crippen LogP contribution >= 0.6 is 11.6 Å². The number of carbonyl (C=O) groups is 2. The molecule has 8 nitrogen and oxygen atoms in total. The number of hydroxylamine groups is 2. The third-order valence-electron chi connectivity index (χ3n) is 4.74. The van der Waals surface area contributed by atoms with Gasteiger partial charge in [0.2, 0.25) is 0 Å². The lowest BCUT2D eigenvalue weighted by Gasteiger charge is -2.27. The van der Waals surface area contributed by atoms with Gasteiger partial charge in [-0.15, -0.1) is 0 Å². The fourth-order valence-corrected chi connectivity index (χ4v) is 3.55. The molecule has 0 aliphatic carbocycles. The maximum Gasteiger partial charge on any atom is 0.322 e. The largest absolute Gasteiger partial charge is 0.322 e. The van der Waals surface area contributed by atoms with Crippen LogP contribution in [0.25, 0.3) is 0 Å². The molecule has 0 radical (unpaired) electrons. The summed E-state index contributed by atoms with van der Waals surface area (Å²) in [5.41, 5.74) is 2.12. The Morgan fingerprint density at radius 2 is 2.11 bits per heavy atom. The predicted octanol–water partition coefficient (Wildman–Crippen LogP) is 2.50. The van der Waals surface area contributed by atoms with Gasteiger partial charge >= 0.3 is 6.03 Å². The van der Waals surface area contributed by atoms with Gasteiger partial charge < -0.3 is 10.2 Å². The summed E-state index contributed by atoms with van der Waals surface area (Å²) in [5.74, 6) is -1.07. The molecule has 1 aromatic carbocycles. The number of fused-ring (bicyclic) bond motifs is 3. The van der Waals surface area contributed by atoms with Crippen LogP contribution in [0.3, 0.4) is 0 Å². The Morgan fingerprint density at radius 1 is 1.30 bits per heavy atom. The quantitative estimate of drug-likeness (QED) is 0.728. The van der Waals surface area contributed by atoms with Crippen molar-refractivity contribution in [1.29, 1.82) is 0 Å². The molecular formula is C17H17ClFN5O3. The van der Waals surface area contributed by atoms with E-state index >= 15 is 0 Å². The summed E-state index contributed by atoms with van der Waals surface area (Å²) in [5, 5.41) is 17.6. The molecule has 1 aromatic heterocycles. The van der Waals surface area contributed by atoms with Gasteiger partial charge in [-0.1, -0.05) is 11.6 Å². The minimum atomic E-state index is -0.563. The first kappa shape index (κ1) is 17.7. The average molecular weight is 394 g/mol. The molecule has 142 valence electrons. The van der Waals surface area contributed by atoms with E-state index in [0.29, 0.717) is 47.9 Å². The van der Waals surface area contributed by atoms with Crippen LogP contribution in [0.15, 0.2) is 18.2 Å². The van der Waals surface area contributed by atoms with E-state index in [1.807, 2.05) is 0 Å². The Labute approximate surface area is 159 Å². The van der Waals surface area contributed by atoms with Crippen molar-refractivity contribution in [2.75, 3.05) is 18.4 Å². The van der Waals surface area contributed by atoms with Crippen molar-refractivity contribution in [1.82, 2.24) is 19.7 Å². The van der Waals surface area contributed by atoms with Crippen molar-refractivity contribution in [3.63, 3.8) is 0 Å². The number of nitrogens with zero attached hydrogens (tertiary/aromatic N) is 4. The van der Waals surface area contributed by atoms with E-state index in [1.165, 1.54) is 18.2 Å². The van der Waals surface area contributed by atoms with E-state index in [9.17, 15) is 19.2 Å². The minimum absolute atomic E-state index is 0.0793. The SMILES string of the molecule is O=C1c2c3c(nn2CCCN1O)CCN(C(=O)Nc1ccc(F)c(Cl)c1)C3. The number of hydrogen-bond donors (Lipinski definition) is 2. The number of nitrogens with one attached hydrogen (secondary N) is 1. The maximum atomic E-state index is 13.3. The van der Waals surface area contributed by atoms with Gasteiger partial charge in [-0.25, -0.2) is 14.2 Å². The highest BCUT2D eigenvalue weighted by Gasteiger charge is 2.33. The van der Waals surface area contributed by atoms with Crippen LogP contribution in [0.2, 0.25) is 5.02 Å². The first-order valence-electron chi connectivity index (χ1n) is 8.54. The fraction of sp³-hybridized carbons (Fsp3) is 0.353. The first-order valence-corrected chi connectivity index (χ1v) is 8.92. The number of hydrogen-bond acceptors (Lipinski definition) is 4. The summed E-state index contributed by atoms with van der Waals surface area (Å²) in [6.45, 7) is 1.41. The van der Waals surface area contributed by atoms with E-state index in [-0.39, 0.29) is 24.1 Å². The standard InChI is InChI=1S/C17H17ClFN5O3/c18-12-8-10(2-3-13(12)19)20-17(26)22-7-4-14-11(9-22)15-16(25)24(27)6-1-5-23(15)21-14/h2-3,8,27H,1,4-7,9H2,(H,20,26). The number of benzene rings is 1. The highest BCUT2D eigenvalue weighted by atomic mass is 35.5. The van der Waals surface area contributed by atoms with Gasteiger partial charge in [-0.2, -0.15) is 5.10 Å². The van der Waals surface area contributed by atoms with Crippen LogP contribution in [0.5, 0.6) is 0 Å². The van der Waals surface area contributed by atoms with E-state index in [2.05, 4.69) is 10.4 Å². The van der Waals surface area contributed by atoms with Gasteiger partial charge in [0.05, 0.1) is 23.8 Å². The monoisotopic (exact) mass is 393 g/mol. The van der Waals surface area contributed by atoms with Crippen molar-refractivity contribution in [2.45, 2.75) is 25.9 Å². The van der Waals surface area contributed by atoms with E-state index < -0.39 is 11.7 Å². The second-order valence-corrected chi connectivity index (χ2v) is 6.92. The molecule has 0 atom stereocenters. The number of halogens is 2. The molecule has 0 fully saturated rings. The summed E-state index contributed by atoms with van der Waals surface area (Å²) < 4.78 is 14.9. The zero-order chi connectivity index (χ0) is 19.1. The topological polar surface area (TPSA) is 90.7 Å². The smallest absolute Gasteiger partial charge is 0.320 e. The number of urea groups is 1. The molecule has 0 saturated heterocycles. The molecule has 2 N–H and O–H groups in total. The van der Waals surface area contributed by atoms with Crippen LogP contribution in [0.1, 0.15) is 28.2 Å². The van der Waals surface area contributed by atoms with Gasteiger partial charge in [-0.3, -0.25) is 14.7 Å². The van der Waals surface area contributed by atoms with Crippen LogP contribution in [0, 0.1) is 5.82 Å². The van der Waals surface area contributed by atoms with Gasteiger partial charge in [0, 0.05) is 30.8 Å². The van der Waals surface area contributed by atoms with Crippen LogP contribution in [0.4, 0.5) is 14.9 Å². The Balaban J connectivity index is 1.56. The molecule has 0 spiro atoms. The van der Waals surface area contributed by atoms with Crippen LogP contribution < -0.4 is 5.32 Å². The van der Waals surface area contributed by atoms with E-state index in [0.717, 1.165) is 5.69 Å². The molecule has 0 saturated carbocycles. The number of aryl methyl sites for hydroxylation is 1. The number of rotatable bonds is 1. The summed E-state index contributed by atoms with van der Waals surface area (Å²) in [7, 11) is 0. The average Bonchev–Trinajstić information content (AvgIpc) is 2.94. The molecule has 2 aromatic rings. The van der Waals surface area contributed by atoms with Crippen molar-refractivity contribution in [3.05, 3.63) is 46.0 Å². The fourth-order valence-electron chi connectivity index (χ4n) is 3.37. The molecule has 10 heteroatoms. The number of carbonyl (C=O) groups excluding carboxylic acids is 2. The van der Waals surface area contributed by atoms with Crippen LogP contribution in [-0.4, -0.2) is 50.0 Å². The van der Waals surface area contributed by atoms with Crippen molar-refractivity contribution >= 4 is 29.2 Å². The van der Waals surface area contributed by atoms with E-state index in [1.54, 1.807) is 9.58 Å². The molecule has 0 unspecified atom stereocenters. The van der Waals surface area contributed by atoms with Crippen molar-refractivity contribution in [2.24, 2.45) is 0 Å². The van der Waals surface area contributed by atoms with Gasteiger partial charge in [0.25, 0.3) is 5.91 Å². The Kier molecular flexibility index (Phi) is 4.48. The Bertz CT molecular complexity index is 932. The lowest BCUT2D eigenvalue weighted by Crippen LogP contribution is -2.39. The molecule has 3 heterocycles. The first-order chi connectivity index (χ1) is 12.9. The van der Waals surface area contributed by atoms with Gasteiger partial charge in [-0.05, 0) is 24.6 Å². The minimum Gasteiger partial charge on any atom is -0.320 e. The zero-order valence-electron chi connectivity index (χ0n) is 14.3. The third kappa shape index (κ3) is 3.24. The summed E-state index contributed by atoms with van der Waals surface area (Å²) in [6.07, 6.45) is 1.11. The van der Waals surface area contributed by atoms with Crippen molar-refractivity contribution < 1.29 is 19.2 Å². The molecule has 0 bridgehead atoms. The second-order valence-electron chi connectivity index (χ2n) is 6.51. The van der Waals surface area contributed by atoms with Crippen molar-refractivity contribution in [3.8, 4) is 0 Å². The highest BCUT2D eigenvalue weighted by molar-refractivity contribution is 6.31. The molecule has 2 aliphatic rings. The normalized spacial score (nSPS) is 16.6. The predicted molar refractivity (Wildman–Crippen MR) is 94.2 cm³/mol. The maximum absolute atomic E-state index is 13.3. The number of anilines is 1. The summed E-state index contributed by atoms with van der Waals surface area (Å²) in [4.78, 5) is 26.6. The Hall–Kier alpha value is -2.65. The van der Waals surface area contributed by atoms with Gasteiger partial charge in [0.1, 0.15) is 11.5 Å². The number of amides is 3. The molecular weight excluding hydrogens is 377 g/mol.